The van der Waals surface area contributed by atoms with Gasteiger partial charge in [0.25, 0.3) is 0 Å². The summed E-state index contributed by atoms with van der Waals surface area (Å²) in [5.41, 5.74) is -1.94. The molecule has 0 spiro atoms. The average molecular weight is 453 g/mol. The number of unbranched alkanes of at least 4 members (excludes halogenated alkanes) is 6. The van der Waals surface area contributed by atoms with Gasteiger partial charge in [-0.05, 0) is 25.0 Å². The van der Waals surface area contributed by atoms with Crippen molar-refractivity contribution in [3.8, 4) is 0 Å². The maximum atomic E-state index is 12.3. The van der Waals surface area contributed by atoms with Gasteiger partial charge in [-0.3, -0.25) is 0 Å². The summed E-state index contributed by atoms with van der Waals surface area (Å²) in [6.07, 6.45) is 7.40. The molecule has 0 saturated carbocycles. The number of carbonyl (C=O) groups excluding carboxylic acids is 2. The Morgan fingerprint density at radius 2 is 1.45 bits per heavy atom. The number of ether oxygens (including phenoxy) is 2. The Hall–Kier alpha value is -0.294. The topological polar surface area (TPSA) is 110 Å². The van der Waals surface area contributed by atoms with Crippen LogP contribution >= 0.6 is 0 Å². The molecule has 0 aliphatic rings. The minimum atomic E-state index is -4.79. The molecule has 0 N–H and O–H groups in total. The van der Waals surface area contributed by atoms with Crippen LogP contribution in [0.1, 0.15) is 85.9 Å². The number of hydrogen-bond acceptors (Lipinski definition) is 7. The van der Waals surface area contributed by atoms with E-state index in [1.807, 2.05) is 0 Å². The summed E-state index contributed by atoms with van der Waals surface area (Å²) in [7, 11) is -4.79. The monoisotopic (exact) mass is 452 g/mol. The zero-order valence-corrected chi connectivity index (χ0v) is 21.5. The molecule has 0 radical (unpaired) electrons. The first-order valence-corrected chi connectivity index (χ1v) is 11.2. The summed E-state index contributed by atoms with van der Waals surface area (Å²) >= 11 is 0. The Morgan fingerprint density at radius 3 is 1.97 bits per heavy atom. The van der Waals surface area contributed by atoms with E-state index in [1.54, 1.807) is 6.07 Å². The zero-order chi connectivity index (χ0) is 21.0. The molecule has 0 aliphatic carbocycles. The van der Waals surface area contributed by atoms with Gasteiger partial charge in [-0.25, -0.2) is 18.0 Å². The van der Waals surface area contributed by atoms with Crippen LogP contribution in [0.2, 0.25) is 0 Å². The third kappa shape index (κ3) is 11.0. The van der Waals surface area contributed by atoms with E-state index in [0.717, 1.165) is 25.7 Å². The van der Waals surface area contributed by atoms with Crippen LogP contribution in [0.25, 0.3) is 0 Å². The van der Waals surface area contributed by atoms with E-state index in [9.17, 15) is 22.6 Å². The average Bonchev–Trinajstić information content (AvgIpc) is 2.66. The number of hydrogen-bond donors (Lipinski definition) is 0. The van der Waals surface area contributed by atoms with Crippen LogP contribution in [0.4, 0.5) is 0 Å². The van der Waals surface area contributed by atoms with Gasteiger partial charge in [-0.2, -0.15) is 0 Å². The largest absolute Gasteiger partial charge is 1.00 e. The van der Waals surface area contributed by atoms with Gasteiger partial charge < -0.3 is 14.0 Å². The van der Waals surface area contributed by atoms with Crippen molar-refractivity contribution in [3.05, 3.63) is 35.4 Å². The van der Waals surface area contributed by atoms with Crippen LogP contribution in [0.15, 0.2) is 24.3 Å². The number of benzene rings is 1. The summed E-state index contributed by atoms with van der Waals surface area (Å²) in [4.78, 5) is 24.5. The maximum Gasteiger partial charge on any atom is 1.00 e. The molecule has 1 atom stereocenters. The summed E-state index contributed by atoms with van der Waals surface area (Å²) in [5.74, 6) is -1.73. The second kappa shape index (κ2) is 15.5. The van der Waals surface area contributed by atoms with Crippen molar-refractivity contribution in [2.75, 3.05) is 6.61 Å². The number of rotatable bonds is 13. The Balaban J connectivity index is 0.00000784. The molecule has 1 aromatic carbocycles. The first-order valence-electron chi connectivity index (χ1n) is 9.73. The van der Waals surface area contributed by atoms with Crippen LogP contribution in [0, 0.1) is 0 Å². The number of esters is 2. The third-order valence-electron chi connectivity index (χ3n) is 4.24. The smallest absolute Gasteiger partial charge is 0.745 e. The maximum absolute atomic E-state index is 12.3. The van der Waals surface area contributed by atoms with E-state index in [0.29, 0.717) is 0 Å². The fourth-order valence-electron chi connectivity index (χ4n) is 2.67. The van der Waals surface area contributed by atoms with Gasteiger partial charge in [0.15, 0.2) is 5.44 Å². The van der Waals surface area contributed by atoms with Gasteiger partial charge >= 0.3 is 63.3 Å². The minimum absolute atomic E-state index is 0. The summed E-state index contributed by atoms with van der Waals surface area (Å²) in [6, 6.07) is 5.80. The fraction of sp³-hybridized carbons (Fsp3) is 0.600. The summed E-state index contributed by atoms with van der Waals surface area (Å²) in [6.45, 7) is 3.81. The molecule has 0 saturated heterocycles. The van der Waals surface area contributed by atoms with Crippen molar-refractivity contribution >= 4 is 22.1 Å². The Labute approximate surface area is 216 Å². The molecule has 0 amide bonds. The molecule has 0 aromatic heterocycles. The van der Waals surface area contributed by atoms with E-state index in [2.05, 4.69) is 6.92 Å². The minimum Gasteiger partial charge on any atom is -0.745 e. The predicted octanol–water partition coefficient (Wildman–Crippen LogP) is 1.04. The summed E-state index contributed by atoms with van der Waals surface area (Å²) in [5, 5.41) is 0. The molecule has 7 nitrogen and oxygen atoms in total. The van der Waals surface area contributed by atoms with Crippen LogP contribution in [-0.4, -0.2) is 37.0 Å². The van der Waals surface area contributed by atoms with Gasteiger partial charge in [0.05, 0.1) is 17.7 Å². The molecular weight excluding hydrogens is 423 g/mol. The van der Waals surface area contributed by atoms with E-state index in [4.69, 9.17) is 9.47 Å². The first kappa shape index (κ1) is 28.7. The van der Waals surface area contributed by atoms with Crippen molar-refractivity contribution in [3.63, 3.8) is 0 Å². The van der Waals surface area contributed by atoms with Crippen molar-refractivity contribution in [2.24, 2.45) is 0 Å². The van der Waals surface area contributed by atoms with Crippen LogP contribution in [0.5, 0.6) is 0 Å². The third-order valence-corrected chi connectivity index (χ3v) is 5.32. The molecule has 0 bridgehead atoms. The number of carbonyl (C=O) groups is 2. The molecule has 1 unspecified atom stereocenters. The van der Waals surface area contributed by atoms with Crippen LogP contribution < -0.4 is 51.4 Å². The quantitative estimate of drug-likeness (QED) is 0.190. The second-order valence-corrected chi connectivity index (χ2v) is 8.05. The van der Waals surface area contributed by atoms with Crippen molar-refractivity contribution < 1.29 is 83.4 Å². The van der Waals surface area contributed by atoms with Gasteiger partial charge in [-0.1, -0.05) is 64.5 Å². The van der Waals surface area contributed by atoms with E-state index in [1.165, 1.54) is 44.4 Å². The van der Waals surface area contributed by atoms with E-state index < -0.39 is 27.5 Å². The van der Waals surface area contributed by atoms with E-state index in [-0.39, 0.29) is 75.5 Å². The van der Waals surface area contributed by atoms with Crippen LogP contribution in [-0.2, 0) is 19.6 Å². The normalized spacial score (nSPS) is 12.0. The first-order chi connectivity index (χ1) is 13.3. The standard InChI is InChI=1S/C20H30O7S.K/c1-3-5-6-7-8-9-12-15-26-19(21)16-13-10-11-14-17(16)20(22)27-18(4-2)28(23,24)25;/h10-11,13-14,18H,3-9,12,15H2,1-2H3,(H,23,24,25);/q;+1/p-1. The molecule has 0 fully saturated rings. The van der Waals surface area contributed by atoms with Gasteiger partial charge in [0.2, 0.25) is 0 Å². The van der Waals surface area contributed by atoms with E-state index >= 15 is 0 Å². The Morgan fingerprint density at radius 1 is 0.931 bits per heavy atom. The molecular formula is C20H29KO7S. The Bertz CT molecular complexity index is 734. The molecule has 9 heteroatoms. The Kier molecular flexibility index (Phi) is 15.3. The molecule has 1 aromatic rings. The van der Waals surface area contributed by atoms with Crippen molar-refractivity contribution in [1.29, 1.82) is 0 Å². The molecule has 1 rings (SSSR count). The molecule has 0 heterocycles. The SMILES string of the molecule is CCCCCCCCCOC(=O)c1ccccc1C(=O)OC(CC)S(=O)(=O)[O-].[K+]. The molecule has 29 heavy (non-hydrogen) atoms. The molecule has 158 valence electrons. The van der Waals surface area contributed by atoms with Crippen molar-refractivity contribution in [2.45, 2.75) is 70.7 Å². The zero-order valence-electron chi connectivity index (χ0n) is 17.5. The van der Waals surface area contributed by atoms with Gasteiger partial charge in [0, 0.05) is 0 Å². The second-order valence-electron chi connectivity index (χ2n) is 6.54. The van der Waals surface area contributed by atoms with Gasteiger partial charge in [0.1, 0.15) is 10.1 Å². The fourth-order valence-corrected chi connectivity index (χ4v) is 3.28. The predicted molar refractivity (Wildman–Crippen MR) is 104 cm³/mol. The van der Waals surface area contributed by atoms with Crippen molar-refractivity contribution in [1.82, 2.24) is 0 Å². The van der Waals surface area contributed by atoms with Gasteiger partial charge in [-0.15, -0.1) is 0 Å². The molecule has 0 aliphatic heterocycles. The summed E-state index contributed by atoms with van der Waals surface area (Å²) < 4.78 is 43.3. The van der Waals surface area contributed by atoms with Crippen LogP contribution in [0.3, 0.4) is 0 Å².